The van der Waals surface area contributed by atoms with E-state index in [0.717, 1.165) is 17.2 Å². The molecule has 49 heavy (non-hydrogen) atoms. The van der Waals surface area contributed by atoms with Gasteiger partial charge in [0.1, 0.15) is 23.0 Å². The number of carbonyl (C=O) groups is 4. The topological polar surface area (TPSA) is 230 Å². The second-order valence-corrected chi connectivity index (χ2v) is 10.6. The quantitative estimate of drug-likeness (QED) is 0.0884. The third-order valence-electron chi connectivity index (χ3n) is 6.76. The van der Waals surface area contributed by atoms with Crippen LogP contribution in [0, 0.1) is 0 Å². The summed E-state index contributed by atoms with van der Waals surface area (Å²) >= 11 is 0. The predicted molar refractivity (Wildman–Crippen MR) is 179 cm³/mol. The minimum absolute atomic E-state index is 0.0186. The van der Waals surface area contributed by atoms with Gasteiger partial charge in [-0.25, -0.2) is 19.2 Å². The van der Waals surface area contributed by atoms with Crippen LogP contribution in [0.4, 0.5) is 0 Å². The van der Waals surface area contributed by atoms with Gasteiger partial charge < -0.3 is 40.9 Å². The number of hydrogen-bond donors (Lipinski definition) is 8. The Labute approximate surface area is 280 Å². The smallest absolute Gasteiger partial charge is 0.335 e. The first-order valence-corrected chi connectivity index (χ1v) is 14.2. The van der Waals surface area contributed by atoms with Crippen molar-refractivity contribution in [1.29, 1.82) is 0 Å². The van der Waals surface area contributed by atoms with Crippen molar-refractivity contribution in [2.45, 2.75) is 19.3 Å². The molecular weight excluding hydrogens is 636 g/mol. The molecule has 0 aliphatic rings. The van der Waals surface area contributed by atoms with Gasteiger partial charge in [-0.05, 0) is 102 Å². The number of carboxylic acid groups (broad SMARTS) is 4. The van der Waals surface area contributed by atoms with Crippen LogP contribution in [0.2, 0.25) is 0 Å². The molecule has 0 fully saturated rings. The van der Waals surface area contributed by atoms with Gasteiger partial charge in [0.15, 0.2) is 0 Å². The Balaban J connectivity index is 0.000000234. The number of aromatic hydroxyl groups is 4. The van der Waals surface area contributed by atoms with E-state index in [1.54, 1.807) is 24.3 Å². The lowest BCUT2D eigenvalue weighted by molar-refractivity contribution is 0.0681. The van der Waals surface area contributed by atoms with Crippen molar-refractivity contribution in [1.82, 2.24) is 0 Å². The zero-order valence-electron chi connectivity index (χ0n) is 26.3. The van der Waals surface area contributed by atoms with E-state index in [2.05, 4.69) is 13.8 Å². The lowest BCUT2D eigenvalue weighted by Gasteiger charge is -2.26. The minimum Gasteiger partial charge on any atom is -0.508 e. The van der Waals surface area contributed by atoms with Gasteiger partial charge >= 0.3 is 23.9 Å². The molecule has 0 amide bonds. The maximum Gasteiger partial charge on any atom is 0.335 e. The van der Waals surface area contributed by atoms with Crippen LogP contribution < -0.4 is 0 Å². The van der Waals surface area contributed by atoms with Crippen LogP contribution in [0.3, 0.4) is 0 Å². The first kappa shape index (κ1) is 38.4. The Morgan fingerprint density at radius 2 is 0.633 bits per heavy atom. The molecule has 0 spiro atoms. The zero-order chi connectivity index (χ0) is 36.7. The lowest BCUT2D eigenvalue weighted by atomic mass is 9.78. The zero-order valence-corrected chi connectivity index (χ0v) is 26.3. The fraction of sp³-hybridized carbons (Fsp3) is 0.0811. The van der Waals surface area contributed by atoms with E-state index in [1.807, 2.05) is 24.3 Å². The highest BCUT2D eigenvalue weighted by molar-refractivity contribution is 5.93. The molecule has 0 bridgehead atoms. The molecule has 8 N–H and O–H groups in total. The highest BCUT2D eigenvalue weighted by Gasteiger charge is 2.22. The van der Waals surface area contributed by atoms with E-state index >= 15 is 0 Å². The monoisotopic (exact) mass is 670 g/mol. The Kier molecular flexibility index (Phi) is 13.9. The van der Waals surface area contributed by atoms with Gasteiger partial charge in [-0.15, -0.1) is 0 Å². The van der Waals surface area contributed by atoms with E-state index < -0.39 is 23.9 Å². The van der Waals surface area contributed by atoms with E-state index in [0.29, 0.717) is 0 Å². The predicted octanol–water partition coefficient (Wildman–Crippen LogP) is 6.69. The van der Waals surface area contributed by atoms with Gasteiger partial charge in [-0.1, -0.05) is 44.2 Å². The van der Waals surface area contributed by atoms with Crippen LogP contribution in [0.15, 0.2) is 121 Å². The largest absolute Gasteiger partial charge is 0.508 e. The summed E-state index contributed by atoms with van der Waals surface area (Å²) in [6.07, 6.45) is 0. The maximum atomic E-state index is 10.4. The lowest BCUT2D eigenvalue weighted by Crippen LogP contribution is -2.18. The van der Waals surface area contributed by atoms with Crippen LogP contribution in [-0.4, -0.2) is 64.7 Å². The molecule has 12 nitrogen and oxygen atoms in total. The molecule has 0 saturated heterocycles. The molecule has 0 aliphatic heterocycles. The molecule has 0 saturated carbocycles. The van der Waals surface area contributed by atoms with Crippen LogP contribution in [0.25, 0.3) is 0 Å². The third kappa shape index (κ3) is 12.5. The maximum absolute atomic E-state index is 10.4. The standard InChI is InChI=1S/C15H16O2.2C8H6O4.C6H6O2/c1-15(2,11-3-7-13(16)8-4-11)12-5-9-14(17)10-6-12;9-7(10)5-1-2-6(4-3-5)8(11)12;9-7(10)5-2-1-3-6(4-5)8(11)12;7-5-1-2-6(8)4-3-5/h3-10,16-17H,1-2H3;2*1-4H,(H,9,10)(H,11,12);1-4,7-8H. The van der Waals surface area contributed by atoms with Crippen molar-refractivity contribution < 1.29 is 60.0 Å². The first-order valence-electron chi connectivity index (χ1n) is 14.2. The Bertz CT molecular complexity index is 1710. The molecule has 12 heteroatoms. The number of phenolic OH excluding ortho intramolecular Hbond substituents is 4. The number of hydrogen-bond acceptors (Lipinski definition) is 8. The summed E-state index contributed by atoms with van der Waals surface area (Å²) < 4.78 is 0. The van der Waals surface area contributed by atoms with Crippen LogP contribution >= 0.6 is 0 Å². The molecule has 5 aromatic carbocycles. The van der Waals surface area contributed by atoms with Crippen molar-refractivity contribution in [3.63, 3.8) is 0 Å². The summed E-state index contributed by atoms with van der Waals surface area (Å²) in [5.74, 6) is -3.49. The van der Waals surface area contributed by atoms with Gasteiger partial charge in [0.05, 0.1) is 22.3 Å². The second kappa shape index (κ2) is 17.8. The summed E-state index contributed by atoms with van der Waals surface area (Å²) in [5, 5.41) is 69.8. The van der Waals surface area contributed by atoms with E-state index in [1.165, 1.54) is 66.7 Å². The fourth-order valence-electron chi connectivity index (χ4n) is 3.92. The summed E-state index contributed by atoms with van der Waals surface area (Å²) in [7, 11) is 0. The molecule has 254 valence electrons. The average Bonchev–Trinajstić information content (AvgIpc) is 3.07. The molecule has 0 radical (unpaired) electrons. The Morgan fingerprint density at radius 1 is 0.388 bits per heavy atom. The van der Waals surface area contributed by atoms with Crippen molar-refractivity contribution in [2.75, 3.05) is 0 Å². The Hall–Kier alpha value is -6.82. The second-order valence-electron chi connectivity index (χ2n) is 10.6. The van der Waals surface area contributed by atoms with Gasteiger partial charge in [-0.2, -0.15) is 0 Å². The van der Waals surface area contributed by atoms with Crippen LogP contribution in [-0.2, 0) is 5.41 Å². The number of aromatic carboxylic acids is 4. The highest BCUT2D eigenvalue weighted by atomic mass is 16.4. The SMILES string of the molecule is CC(C)(c1ccc(O)cc1)c1ccc(O)cc1.O=C(O)c1ccc(C(=O)O)cc1.O=C(O)c1cccc(C(=O)O)c1.Oc1ccc(O)cc1. The van der Waals surface area contributed by atoms with Crippen molar-refractivity contribution in [2.24, 2.45) is 0 Å². The van der Waals surface area contributed by atoms with E-state index in [4.69, 9.17) is 30.6 Å². The number of phenols is 4. The molecule has 0 heterocycles. The van der Waals surface area contributed by atoms with E-state index in [-0.39, 0.29) is 50.7 Å². The Morgan fingerprint density at radius 3 is 0.878 bits per heavy atom. The van der Waals surface area contributed by atoms with Gasteiger partial charge in [0, 0.05) is 5.41 Å². The molecule has 5 aromatic rings. The highest BCUT2D eigenvalue weighted by Crippen LogP contribution is 2.33. The summed E-state index contributed by atoms with van der Waals surface area (Å²) in [4.78, 5) is 41.4. The third-order valence-corrected chi connectivity index (χ3v) is 6.76. The molecular formula is C37H34O12. The van der Waals surface area contributed by atoms with Gasteiger partial charge in [-0.3, -0.25) is 0 Å². The molecule has 5 rings (SSSR count). The number of benzene rings is 5. The molecule has 0 unspecified atom stereocenters. The summed E-state index contributed by atoms with van der Waals surface area (Å²) in [6.45, 7) is 4.23. The van der Waals surface area contributed by atoms with Gasteiger partial charge in [0.25, 0.3) is 0 Å². The van der Waals surface area contributed by atoms with Crippen molar-refractivity contribution in [3.05, 3.63) is 155 Å². The fourth-order valence-corrected chi connectivity index (χ4v) is 3.92. The molecule has 0 aliphatic carbocycles. The van der Waals surface area contributed by atoms with Crippen molar-refractivity contribution in [3.8, 4) is 23.0 Å². The van der Waals surface area contributed by atoms with Gasteiger partial charge in [0.2, 0.25) is 0 Å². The average molecular weight is 671 g/mol. The number of rotatable bonds is 6. The van der Waals surface area contributed by atoms with E-state index in [9.17, 15) is 29.4 Å². The van der Waals surface area contributed by atoms with Crippen LogP contribution in [0.1, 0.15) is 66.4 Å². The van der Waals surface area contributed by atoms with Crippen LogP contribution in [0.5, 0.6) is 23.0 Å². The summed E-state index contributed by atoms with van der Waals surface area (Å²) in [5.41, 5.74) is 2.23. The minimum atomic E-state index is -1.13. The molecule has 0 aromatic heterocycles. The first-order chi connectivity index (χ1) is 23.0. The van der Waals surface area contributed by atoms with Crippen molar-refractivity contribution >= 4 is 23.9 Å². The summed E-state index contributed by atoms with van der Waals surface area (Å²) in [6, 6.07) is 30.4. The normalized spacial score (nSPS) is 10.0. The molecule has 0 atom stereocenters. The number of carboxylic acids is 4.